The molecule has 0 radical (unpaired) electrons. The van der Waals surface area contributed by atoms with Crippen molar-refractivity contribution in [2.24, 2.45) is 4.99 Å². The lowest BCUT2D eigenvalue weighted by Gasteiger charge is -2.36. The normalized spacial score (nSPS) is 17.5. The first kappa shape index (κ1) is 26.6. The lowest BCUT2D eigenvalue weighted by molar-refractivity contribution is -0.138. The van der Waals surface area contributed by atoms with Crippen molar-refractivity contribution in [3.8, 4) is 11.5 Å². The van der Waals surface area contributed by atoms with Crippen LogP contribution in [-0.2, 0) is 20.9 Å². The first-order valence-corrected chi connectivity index (χ1v) is 13.7. The average Bonchev–Trinajstić information content (AvgIpc) is 3.56. The van der Waals surface area contributed by atoms with E-state index in [1.54, 1.807) is 6.08 Å². The smallest absolute Gasteiger partial charge is 0.338 e. The number of thioether (sulfide) groups is 1. The van der Waals surface area contributed by atoms with Crippen molar-refractivity contribution < 1.29 is 23.8 Å². The third-order valence-corrected chi connectivity index (χ3v) is 7.63. The summed E-state index contributed by atoms with van der Waals surface area (Å²) in [6.07, 6.45) is 1.67. The van der Waals surface area contributed by atoms with Crippen LogP contribution >= 0.6 is 11.8 Å². The van der Waals surface area contributed by atoms with Gasteiger partial charge in [-0.05, 0) is 47.1 Å². The summed E-state index contributed by atoms with van der Waals surface area (Å²) in [6.45, 7) is 10.4. The number of rotatable bonds is 9. The molecule has 39 heavy (non-hydrogen) atoms. The van der Waals surface area contributed by atoms with Gasteiger partial charge in [0.25, 0.3) is 0 Å². The Morgan fingerprint density at radius 1 is 1.21 bits per heavy atom. The van der Waals surface area contributed by atoms with E-state index in [0.717, 1.165) is 22.0 Å². The third kappa shape index (κ3) is 5.59. The molecule has 2 aromatic rings. The van der Waals surface area contributed by atoms with Gasteiger partial charge in [-0.15, -0.1) is 0 Å². The van der Waals surface area contributed by atoms with Gasteiger partial charge in [0, 0.05) is 12.2 Å². The molecule has 0 aliphatic carbocycles. The highest BCUT2D eigenvalue weighted by Crippen LogP contribution is 2.45. The Labute approximate surface area is 232 Å². The number of carbonyl (C=O) groups is 2. The maximum absolute atomic E-state index is 13.2. The molecule has 9 heteroatoms. The van der Waals surface area contributed by atoms with Crippen molar-refractivity contribution in [3.05, 3.63) is 94.2 Å². The standard InChI is InChI=1S/C30H31N3O5S/c1-5-12-36-29(35)27-19(4)32-30-33(28(27)22-9-7-21(8-10-22)18(2)3)23(16-39-30)14-26(34)31-15-20-6-11-24-25(13-20)38-17-37-24/h5-11,13,16,18,28H,1,12,14-15,17H2,2-4H3,(H,31,34). The molecule has 0 saturated carbocycles. The fraction of sp³-hybridized carbons (Fsp3) is 0.300. The summed E-state index contributed by atoms with van der Waals surface area (Å²) in [6, 6.07) is 13.4. The van der Waals surface area contributed by atoms with Gasteiger partial charge < -0.3 is 24.4 Å². The van der Waals surface area contributed by atoms with Gasteiger partial charge in [-0.1, -0.05) is 68.6 Å². The molecule has 5 rings (SSSR count). The maximum Gasteiger partial charge on any atom is 0.338 e. The molecule has 3 aliphatic heterocycles. The molecule has 0 aromatic heterocycles. The number of carbonyl (C=O) groups excluding carboxylic acids is 2. The van der Waals surface area contributed by atoms with Crippen molar-refractivity contribution in [3.63, 3.8) is 0 Å². The Bertz CT molecular complexity index is 1390. The zero-order valence-electron chi connectivity index (χ0n) is 22.2. The van der Waals surface area contributed by atoms with Crippen LogP contribution in [-0.4, -0.2) is 35.3 Å². The van der Waals surface area contributed by atoms with Crippen LogP contribution < -0.4 is 14.8 Å². The number of hydrogen-bond acceptors (Lipinski definition) is 8. The number of hydrogen-bond donors (Lipinski definition) is 1. The van der Waals surface area contributed by atoms with E-state index in [4.69, 9.17) is 19.2 Å². The number of nitrogens with zero attached hydrogens (tertiary/aromatic N) is 2. The predicted octanol–water partition coefficient (Wildman–Crippen LogP) is 5.55. The van der Waals surface area contributed by atoms with E-state index in [2.05, 4.69) is 37.9 Å². The number of aliphatic imine (C=N–C) groups is 1. The second-order valence-electron chi connectivity index (χ2n) is 9.74. The van der Waals surface area contributed by atoms with Gasteiger partial charge >= 0.3 is 5.97 Å². The fourth-order valence-electron chi connectivity index (χ4n) is 4.70. The second kappa shape index (κ2) is 11.4. The number of esters is 1. The van der Waals surface area contributed by atoms with Crippen molar-refractivity contribution in [2.45, 2.75) is 45.7 Å². The zero-order chi connectivity index (χ0) is 27.5. The maximum atomic E-state index is 13.2. The predicted molar refractivity (Wildman–Crippen MR) is 151 cm³/mol. The minimum absolute atomic E-state index is 0.102. The lowest BCUT2D eigenvalue weighted by atomic mass is 9.92. The number of nitrogens with one attached hydrogen (secondary N) is 1. The highest BCUT2D eigenvalue weighted by Gasteiger charge is 2.41. The summed E-state index contributed by atoms with van der Waals surface area (Å²) >= 11 is 1.45. The summed E-state index contributed by atoms with van der Waals surface area (Å²) in [4.78, 5) is 33.0. The van der Waals surface area contributed by atoms with Gasteiger partial charge in [0.2, 0.25) is 12.7 Å². The molecule has 3 heterocycles. The number of amidine groups is 1. The minimum atomic E-state index is -0.473. The minimum Gasteiger partial charge on any atom is -0.458 e. The fourth-order valence-corrected chi connectivity index (χ4v) is 5.66. The van der Waals surface area contributed by atoms with E-state index < -0.39 is 12.0 Å². The third-order valence-electron chi connectivity index (χ3n) is 6.74. The first-order chi connectivity index (χ1) is 18.9. The molecule has 1 N–H and O–H groups in total. The summed E-state index contributed by atoms with van der Waals surface area (Å²) in [5.74, 6) is 1.17. The van der Waals surface area contributed by atoms with E-state index in [9.17, 15) is 9.59 Å². The van der Waals surface area contributed by atoms with Gasteiger partial charge in [0.15, 0.2) is 16.7 Å². The van der Waals surface area contributed by atoms with Crippen LogP contribution in [0.4, 0.5) is 0 Å². The Kier molecular flexibility index (Phi) is 7.79. The SMILES string of the molecule is C=CCOC(=O)C1=C(C)N=C2SC=C(CC(=O)NCc3ccc4c(c3)OCO4)N2C1c1ccc(C(C)C)cc1. The summed E-state index contributed by atoms with van der Waals surface area (Å²) in [7, 11) is 0. The van der Waals surface area contributed by atoms with Crippen LogP contribution in [0.3, 0.4) is 0 Å². The van der Waals surface area contributed by atoms with E-state index in [1.165, 1.54) is 17.3 Å². The number of fused-ring (bicyclic) bond motifs is 2. The van der Waals surface area contributed by atoms with Crippen molar-refractivity contribution >= 4 is 28.8 Å². The molecular formula is C30H31N3O5S. The second-order valence-corrected chi connectivity index (χ2v) is 10.6. The Morgan fingerprint density at radius 3 is 2.72 bits per heavy atom. The monoisotopic (exact) mass is 545 g/mol. The Hall–Kier alpha value is -3.98. The van der Waals surface area contributed by atoms with Gasteiger partial charge in [-0.2, -0.15) is 0 Å². The highest BCUT2D eigenvalue weighted by molar-refractivity contribution is 8.16. The Morgan fingerprint density at radius 2 is 1.97 bits per heavy atom. The Balaban J connectivity index is 1.38. The molecule has 202 valence electrons. The van der Waals surface area contributed by atoms with E-state index in [-0.39, 0.29) is 25.7 Å². The molecular weight excluding hydrogens is 514 g/mol. The van der Waals surface area contributed by atoms with Crippen LogP contribution in [0.1, 0.15) is 55.8 Å². The molecule has 0 bridgehead atoms. The van der Waals surface area contributed by atoms with Crippen LogP contribution in [0, 0.1) is 0 Å². The molecule has 1 atom stereocenters. The highest BCUT2D eigenvalue weighted by atomic mass is 32.2. The van der Waals surface area contributed by atoms with Gasteiger partial charge in [-0.25, -0.2) is 9.79 Å². The largest absolute Gasteiger partial charge is 0.458 e. The van der Waals surface area contributed by atoms with Crippen LogP contribution in [0.2, 0.25) is 0 Å². The number of benzene rings is 2. The van der Waals surface area contributed by atoms with Crippen LogP contribution in [0.15, 0.2) is 82.5 Å². The average molecular weight is 546 g/mol. The molecule has 1 unspecified atom stereocenters. The van der Waals surface area contributed by atoms with Gasteiger partial charge in [-0.3, -0.25) is 4.79 Å². The number of allylic oxidation sites excluding steroid dienone is 1. The van der Waals surface area contributed by atoms with Gasteiger partial charge in [0.05, 0.1) is 23.7 Å². The molecule has 0 fully saturated rings. The van der Waals surface area contributed by atoms with Crippen molar-refractivity contribution in [2.75, 3.05) is 13.4 Å². The molecule has 0 saturated heterocycles. The van der Waals surface area contributed by atoms with Crippen molar-refractivity contribution in [1.82, 2.24) is 10.2 Å². The summed E-state index contributed by atoms with van der Waals surface area (Å²) in [5.41, 5.74) is 4.85. The van der Waals surface area contributed by atoms with Crippen LogP contribution in [0.25, 0.3) is 0 Å². The van der Waals surface area contributed by atoms with Crippen LogP contribution in [0.5, 0.6) is 11.5 Å². The van der Waals surface area contributed by atoms with E-state index in [0.29, 0.717) is 35.2 Å². The summed E-state index contributed by atoms with van der Waals surface area (Å²) < 4.78 is 16.3. The molecule has 2 aromatic carbocycles. The number of ether oxygens (including phenoxy) is 3. The van der Waals surface area contributed by atoms with E-state index in [1.807, 2.05) is 47.6 Å². The zero-order valence-corrected chi connectivity index (χ0v) is 23.0. The molecule has 8 nitrogen and oxygen atoms in total. The molecule has 1 amide bonds. The molecule has 0 spiro atoms. The van der Waals surface area contributed by atoms with Crippen molar-refractivity contribution in [1.29, 1.82) is 0 Å². The number of amides is 1. The summed E-state index contributed by atoms with van der Waals surface area (Å²) in [5, 5.41) is 5.65. The van der Waals surface area contributed by atoms with E-state index >= 15 is 0 Å². The lowest BCUT2D eigenvalue weighted by Crippen LogP contribution is -2.38. The molecule has 3 aliphatic rings. The topological polar surface area (TPSA) is 89.5 Å². The quantitative estimate of drug-likeness (QED) is 0.326. The van der Waals surface area contributed by atoms with Gasteiger partial charge in [0.1, 0.15) is 6.61 Å². The first-order valence-electron chi connectivity index (χ1n) is 12.8.